The lowest BCUT2D eigenvalue weighted by Crippen LogP contribution is -2.53. The first-order valence-electron chi connectivity index (χ1n) is 8.86. The van der Waals surface area contributed by atoms with Gasteiger partial charge in [0.25, 0.3) is 5.91 Å². The zero-order valence-corrected chi connectivity index (χ0v) is 15.4. The number of hydrogen-bond acceptors (Lipinski definition) is 4. The number of hydrogen-bond donors (Lipinski definition) is 1. The summed E-state index contributed by atoms with van der Waals surface area (Å²) in [4.78, 5) is 12.7. The lowest BCUT2D eigenvalue weighted by molar-refractivity contribution is -0.128. The Bertz CT molecular complexity index is 807. The molecule has 0 spiro atoms. The molecule has 2 aliphatic carbocycles. The average Bonchev–Trinajstić information content (AvgIpc) is 3.15. The van der Waals surface area contributed by atoms with Gasteiger partial charge in [-0.25, -0.2) is 8.42 Å². The number of fused-ring (bicyclic) bond motifs is 3. The number of rotatable bonds is 3. The largest absolute Gasteiger partial charge is 0.476 e. The quantitative estimate of drug-likeness (QED) is 0.888. The highest BCUT2D eigenvalue weighted by Crippen LogP contribution is 2.44. The predicted octanol–water partition coefficient (Wildman–Crippen LogP) is 1.83. The Hall–Kier alpha value is -1.76. The Balaban J connectivity index is 1.55. The van der Waals surface area contributed by atoms with E-state index in [1.54, 1.807) is 12.1 Å². The number of amides is 1. The van der Waals surface area contributed by atoms with Gasteiger partial charge in [0.2, 0.25) is 10.0 Å². The van der Waals surface area contributed by atoms with E-state index in [1.165, 1.54) is 23.6 Å². The number of carbonyl (C=O) groups excluding carboxylic acids is 1. The number of aryl methyl sites for hydroxylation is 1. The Kier molecular flexibility index (Phi) is 3.94. The van der Waals surface area contributed by atoms with Crippen LogP contribution in [-0.4, -0.2) is 39.3 Å². The van der Waals surface area contributed by atoms with Crippen LogP contribution in [0, 0.1) is 18.8 Å². The summed E-state index contributed by atoms with van der Waals surface area (Å²) in [5.41, 5.74) is 1.45. The summed E-state index contributed by atoms with van der Waals surface area (Å²) >= 11 is 0. The van der Waals surface area contributed by atoms with Crippen LogP contribution in [-0.2, 0) is 14.8 Å². The number of nitrogens with one attached hydrogen (secondary N) is 1. The van der Waals surface area contributed by atoms with Crippen molar-refractivity contribution in [3.8, 4) is 5.75 Å². The lowest BCUT2D eigenvalue weighted by Gasteiger charge is -2.35. The summed E-state index contributed by atoms with van der Waals surface area (Å²) in [5.74, 6) is 1.53. The second-order valence-electron chi connectivity index (χ2n) is 7.66. The minimum absolute atomic E-state index is 0.0158. The molecule has 136 valence electrons. The molecule has 25 heavy (non-hydrogen) atoms. The van der Waals surface area contributed by atoms with Crippen molar-refractivity contribution in [3.05, 3.63) is 23.8 Å². The normalized spacial score (nSPS) is 30.7. The summed E-state index contributed by atoms with van der Waals surface area (Å²) in [7, 11) is -3.48. The van der Waals surface area contributed by atoms with Gasteiger partial charge < -0.3 is 10.1 Å². The Morgan fingerprint density at radius 1 is 1.28 bits per heavy atom. The summed E-state index contributed by atoms with van der Waals surface area (Å²) in [6.07, 6.45) is 5.03. The van der Waals surface area contributed by atoms with Crippen molar-refractivity contribution in [1.29, 1.82) is 0 Å². The zero-order chi connectivity index (χ0) is 17.8. The van der Waals surface area contributed by atoms with Crippen LogP contribution in [0.2, 0.25) is 0 Å². The molecule has 1 N–H and O–H groups in total. The second-order valence-corrected chi connectivity index (χ2v) is 9.57. The summed E-state index contributed by atoms with van der Waals surface area (Å²) < 4.78 is 31.6. The van der Waals surface area contributed by atoms with Crippen LogP contribution in [0.4, 0.5) is 5.69 Å². The molecular weight excluding hydrogens is 340 g/mol. The van der Waals surface area contributed by atoms with Gasteiger partial charge >= 0.3 is 0 Å². The first-order chi connectivity index (χ1) is 11.8. The van der Waals surface area contributed by atoms with E-state index in [2.05, 4.69) is 5.32 Å². The van der Waals surface area contributed by atoms with E-state index < -0.39 is 16.1 Å². The van der Waals surface area contributed by atoms with Gasteiger partial charge in [0.1, 0.15) is 5.75 Å². The van der Waals surface area contributed by atoms with Crippen molar-refractivity contribution in [1.82, 2.24) is 5.32 Å². The fraction of sp³-hybridized carbons (Fsp3) is 0.611. The molecule has 2 bridgehead atoms. The molecule has 1 aromatic carbocycles. The van der Waals surface area contributed by atoms with Gasteiger partial charge in [0.15, 0.2) is 6.10 Å². The Morgan fingerprint density at radius 3 is 2.72 bits per heavy atom. The van der Waals surface area contributed by atoms with Crippen molar-refractivity contribution in [2.24, 2.45) is 11.8 Å². The highest BCUT2D eigenvalue weighted by Gasteiger charge is 2.42. The van der Waals surface area contributed by atoms with Crippen LogP contribution in [0.1, 0.15) is 31.2 Å². The smallest absolute Gasteiger partial charge is 0.263 e. The van der Waals surface area contributed by atoms with E-state index in [1.807, 2.05) is 13.0 Å². The maximum atomic E-state index is 12.7. The van der Waals surface area contributed by atoms with Gasteiger partial charge in [-0.3, -0.25) is 9.10 Å². The maximum Gasteiger partial charge on any atom is 0.263 e. The van der Waals surface area contributed by atoms with Crippen molar-refractivity contribution in [2.75, 3.05) is 17.1 Å². The van der Waals surface area contributed by atoms with Gasteiger partial charge in [-0.2, -0.15) is 0 Å². The molecule has 0 aromatic heterocycles. The summed E-state index contributed by atoms with van der Waals surface area (Å²) in [5, 5.41) is 3.11. The standard InChI is InChI=1S/C18H24N2O4S/c1-11-3-6-16-15(7-11)20(25(2,22)23)10-17(24-16)18(21)19-14-9-12-4-5-13(14)8-12/h3,6-7,12-14,17H,4-5,8-10H2,1-2H3,(H,19,21). The van der Waals surface area contributed by atoms with Gasteiger partial charge in [-0.05, 0) is 55.7 Å². The molecule has 1 heterocycles. The molecule has 0 saturated heterocycles. The van der Waals surface area contributed by atoms with Crippen molar-refractivity contribution >= 4 is 21.6 Å². The average molecular weight is 364 g/mol. The number of carbonyl (C=O) groups is 1. The molecule has 1 aliphatic heterocycles. The first-order valence-corrected chi connectivity index (χ1v) is 10.7. The molecule has 3 aliphatic rings. The third-order valence-corrected chi connectivity index (χ3v) is 6.89. The minimum Gasteiger partial charge on any atom is -0.476 e. The molecule has 2 fully saturated rings. The van der Waals surface area contributed by atoms with E-state index in [0.29, 0.717) is 17.4 Å². The first kappa shape index (κ1) is 16.7. The van der Waals surface area contributed by atoms with Gasteiger partial charge in [0, 0.05) is 6.04 Å². The zero-order valence-electron chi connectivity index (χ0n) is 14.6. The number of anilines is 1. The highest BCUT2D eigenvalue weighted by atomic mass is 32.2. The molecule has 7 heteroatoms. The van der Waals surface area contributed by atoms with Gasteiger partial charge in [0.05, 0.1) is 18.5 Å². The predicted molar refractivity (Wildman–Crippen MR) is 95.2 cm³/mol. The molecule has 1 amide bonds. The van der Waals surface area contributed by atoms with Gasteiger partial charge in [-0.1, -0.05) is 12.5 Å². The molecule has 6 nitrogen and oxygen atoms in total. The highest BCUT2D eigenvalue weighted by molar-refractivity contribution is 7.92. The molecule has 0 radical (unpaired) electrons. The van der Waals surface area contributed by atoms with E-state index in [-0.39, 0.29) is 18.5 Å². The Morgan fingerprint density at radius 2 is 2.08 bits per heavy atom. The van der Waals surface area contributed by atoms with Crippen LogP contribution in [0.25, 0.3) is 0 Å². The van der Waals surface area contributed by atoms with Crippen LogP contribution in [0.15, 0.2) is 18.2 Å². The molecule has 1 aromatic rings. The fourth-order valence-electron chi connectivity index (χ4n) is 4.51. The number of benzene rings is 1. The molecule has 4 atom stereocenters. The maximum absolute atomic E-state index is 12.7. The van der Waals surface area contributed by atoms with E-state index in [0.717, 1.165) is 24.2 Å². The molecule has 2 saturated carbocycles. The van der Waals surface area contributed by atoms with Crippen LogP contribution < -0.4 is 14.4 Å². The van der Waals surface area contributed by atoms with Gasteiger partial charge in [-0.15, -0.1) is 0 Å². The van der Waals surface area contributed by atoms with E-state index in [4.69, 9.17) is 4.74 Å². The number of ether oxygens (including phenoxy) is 1. The molecule has 4 rings (SSSR count). The van der Waals surface area contributed by atoms with Crippen molar-refractivity contribution < 1.29 is 17.9 Å². The third-order valence-electron chi connectivity index (χ3n) is 5.74. The van der Waals surface area contributed by atoms with Crippen molar-refractivity contribution in [2.45, 2.75) is 44.8 Å². The topological polar surface area (TPSA) is 75.7 Å². The SMILES string of the molecule is Cc1ccc2c(c1)N(S(C)(=O)=O)CC(C(=O)NC1CC3CCC1C3)O2. The number of sulfonamides is 1. The Labute approximate surface area is 148 Å². The van der Waals surface area contributed by atoms with E-state index in [9.17, 15) is 13.2 Å². The monoisotopic (exact) mass is 364 g/mol. The summed E-state index contributed by atoms with van der Waals surface area (Å²) in [6, 6.07) is 5.58. The van der Waals surface area contributed by atoms with Crippen LogP contribution in [0.5, 0.6) is 5.75 Å². The van der Waals surface area contributed by atoms with E-state index >= 15 is 0 Å². The minimum atomic E-state index is -3.48. The van der Waals surface area contributed by atoms with Crippen LogP contribution >= 0.6 is 0 Å². The fourth-order valence-corrected chi connectivity index (χ4v) is 5.42. The summed E-state index contributed by atoms with van der Waals surface area (Å²) in [6.45, 7) is 1.91. The molecular formula is C18H24N2O4S. The van der Waals surface area contributed by atoms with Crippen molar-refractivity contribution in [3.63, 3.8) is 0 Å². The second kappa shape index (κ2) is 5.90. The van der Waals surface area contributed by atoms with Crippen LogP contribution in [0.3, 0.4) is 0 Å². The third kappa shape index (κ3) is 3.10. The molecule has 4 unspecified atom stereocenters. The number of nitrogens with zero attached hydrogens (tertiary/aromatic N) is 1. The lowest BCUT2D eigenvalue weighted by atomic mass is 9.95.